The van der Waals surface area contributed by atoms with E-state index in [1.54, 1.807) is 4.90 Å². The minimum Gasteiger partial charge on any atom is -0.336 e. The molecule has 0 aromatic heterocycles. The van der Waals surface area contributed by atoms with E-state index in [1.807, 2.05) is 0 Å². The third kappa shape index (κ3) is 4.67. The Bertz CT molecular complexity index is 603. The van der Waals surface area contributed by atoms with Gasteiger partial charge >= 0.3 is 0 Å². The maximum atomic E-state index is 12.4. The fourth-order valence-corrected chi connectivity index (χ4v) is 2.49. The molecule has 1 saturated heterocycles. The number of hydrogen-bond acceptors (Lipinski definition) is 5. The lowest BCUT2D eigenvalue weighted by Crippen LogP contribution is -2.48. The van der Waals surface area contributed by atoms with Crippen molar-refractivity contribution in [2.45, 2.75) is 6.42 Å². The van der Waals surface area contributed by atoms with Crippen molar-refractivity contribution in [3.05, 3.63) is 50.4 Å². The second-order valence-corrected chi connectivity index (χ2v) is 5.25. The summed E-state index contributed by atoms with van der Waals surface area (Å²) in [5, 5.41) is 14.1. The Balaban J connectivity index is 1.83. The molecule has 122 valence electrons. The Morgan fingerprint density at radius 3 is 2.48 bits per heavy atom. The van der Waals surface area contributed by atoms with Crippen LogP contribution in [-0.2, 0) is 0 Å². The lowest BCUT2D eigenvalue weighted by Gasteiger charge is -2.34. The number of amides is 1. The Kier molecular flexibility index (Phi) is 5.90. The number of benzene rings is 1. The van der Waals surface area contributed by atoms with E-state index in [0.29, 0.717) is 25.2 Å². The first kappa shape index (κ1) is 16.7. The molecule has 1 aliphatic heterocycles. The summed E-state index contributed by atoms with van der Waals surface area (Å²) in [6, 6.07) is 5.68. The van der Waals surface area contributed by atoms with Gasteiger partial charge in [-0.3, -0.25) is 19.8 Å². The molecular formula is C14H18N6O3. The number of rotatable bonds is 6. The van der Waals surface area contributed by atoms with Crippen LogP contribution in [-0.4, -0.2) is 59.9 Å². The van der Waals surface area contributed by atoms with Crippen LogP contribution >= 0.6 is 0 Å². The summed E-state index contributed by atoms with van der Waals surface area (Å²) in [6.45, 7) is 4.12. The minimum atomic E-state index is -0.483. The van der Waals surface area contributed by atoms with Gasteiger partial charge in [-0.05, 0) is 30.6 Å². The first-order chi connectivity index (χ1) is 11.1. The molecule has 23 heavy (non-hydrogen) atoms. The molecule has 0 radical (unpaired) electrons. The van der Waals surface area contributed by atoms with Crippen LogP contribution in [0, 0.1) is 10.1 Å². The topological polar surface area (TPSA) is 115 Å². The maximum Gasteiger partial charge on any atom is 0.269 e. The number of carbonyl (C=O) groups excluding carboxylic acids is 1. The Morgan fingerprint density at radius 2 is 1.91 bits per heavy atom. The molecule has 2 rings (SSSR count). The summed E-state index contributed by atoms with van der Waals surface area (Å²) < 4.78 is 0. The average molecular weight is 318 g/mol. The molecule has 1 aromatic carbocycles. The molecule has 0 atom stereocenters. The van der Waals surface area contributed by atoms with Gasteiger partial charge in [0.25, 0.3) is 11.6 Å². The molecule has 0 N–H and O–H groups in total. The summed E-state index contributed by atoms with van der Waals surface area (Å²) in [5.41, 5.74) is 8.66. The Morgan fingerprint density at radius 1 is 1.26 bits per heavy atom. The molecule has 9 heteroatoms. The number of hydrogen-bond donors (Lipinski definition) is 0. The number of nitro benzene ring substituents is 1. The van der Waals surface area contributed by atoms with Crippen LogP contribution in [0.1, 0.15) is 16.8 Å². The predicted octanol–water partition coefficient (Wildman–Crippen LogP) is 2.05. The van der Waals surface area contributed by atoms with Gasteiger partial charge in [-0.2, -0.15) is 0 Å². The molecule has 0 spiro atoms. The van der Waals surface area contributed by atoms with E-state index in [2.05, 4.69) is 14.9 Å². The second-order valence-electron chi connectivity index (χ2n) is 5.25. The first-order valence-corrected chi connectivity index (χ1v) is 7.39. The molecule has 0 unspecified atom stereocenters. The zero-order valence-corrected chi connectivity index (χ0v) is 12.7. The van der Waals surface area contributed by atoms with Gasteiger partial charge < -0.3 is 4.90 Å². The van der Waals surface area contributed by atoms with Gasteiger partial charge in [-0.25, -0.2) is 0 Å². The van der Waals surface area contributed by atoms with Crippen LogP contribution in [0.4, 0.5) is 5.69 Å². The monoisotopic (exact) mass is 318 g/mol. The van der Waals surface area contributed by atoms with Gasteiger partial charge in [0.1, 0.15) is 0 Å². The molecule has 0 saturated carbocycles. The first-order valence-electron chi connectivity index (χ1n) is 7.39. The summed E-state index contributed by atoms with van der Waals surface area (Å²) in [6.07, 6.45) is 0.806. The maximum absolute atomic E-state index is 12.4. The van der Waals surface area contributed by atoms with Crippen molar-refractivity contribution in [1.29, 1.82) is 0 Å². The van der Waals surface area contributed by atoms with E-state index in [4.69, 9.17) is 5.53 Å². The number of piperazine rings is 1. The molecule has 1 aliphatic rings. The smallest absolute Gasteiger partial charge is 0.269 e. The van der Waals surface area contributed by atoms with Crippen molar-refractivity contribution in [2.75, 3.05) is 39.3 Å². The summed E-state index contributed by atoms with van der Waals surface area (Å²) in [7, 11) is 0. The molecule has 9 nitrogen and oxygen atoms in total. The van der Waals surface area contributed by atoms with E-state index in [1.165, 1.54) is 24.3 Å². The van der Waals surface area contributed by atoms with Gasteiger partial charge in [0.15, 0.2) is 0 Å². The zero-order valence-electron chi connectivity index (χ0n) is 12.7. The van der Waals surface area contributed by atoms with Crippen LogP contribution in [0.3, 0.4) is 0 Å². The highest BCUT2D eigenvalue weighted by molar-refractivity contribution is 5.94. The molecular weight excluding hydrogens is 300 g/mol. The van der Waals surface area contributed by atoms with Crippen molar-refractivity contribution in [1.82, 2.24) is 9.80 Å². The predicted molar refractivity (Wildman–Crippen MR) is 84.1 cm³/mol. The number of carbonyl (C=O) groups is 1. The fraction of sp³-hybridized carbons (Fsp3) is 0.500. The van der Waals surface area contributed by atoms with Crippen LogP contribution in [0.2, 0.25) is 0 Å². The summed E-state index contributed by atoms with van der Waals surface area (Å²) in [4.78, 5) is 29.2. The minimum absolute atomic E-state index is 0.0219. The van der Waals surface area contributed by atoms with E-state index >= 15 is 0 Å². The van der Waals surface area contributed by atoms with Crippen molar-refractivity contribution >= 4 is 11.6 Å². The third-order valence-electron chi connectivity index (χ3n) is 3.78. The van der Waals surface area contributed by atoms with Crippen molar-refractivity contribution < 1.29 is 9.72 Å². The van der Waals surface area contributed by atoms with E-state index < -0.39 is 4.92 Å². The quantitative estimate of drug-likeness (QED) is 0.199. The van der Waals surface area contributed by atoms with Crippen LogP contribution in [0.15, 0.2) is 29.4 Å². The molecule has 1 fully saturated rings. The molecule has 1 aromatic rings. The van der Waals surface area contributed by atoms with Crippen molar-refractivity contribution in [3.8, 4) is 0 Å². The number of nitrogens with zero attached hydrogens (tertiary/aromatic N) is 6. The highest BCUT2D eigenvalue weighted by atomic mass is 16.6. The molecule has 1 amide bonds. The summed E-state index contributed by atoms with van der Waals surface area (Å²) >= 11 is 0. The van der Waals surface area contributed by atoms with Crippen molar-refractivity contribution in [3.63, 3.8) is 0 Å². The standard InChI is InChI=1S/C14H18N6O3/c15-17-16-6-1-7-18-8-10-19(11-9-18)14(21)12-2-4-13(5-3-12)20(22)23/h2-5H,1,6-11H2. The highest BCUT2D eigenvalue weighted by Crippen LogP contribution is 2.14. The van der Waals surface area contributed by atoms with Gasteiger partial charge in [0.2, 0.25) is 0 Å². The number of nitro groups is 1. The van der Waals surface area contributed by atoms with E-state index in [9.17, 15) is 14.9 Å². The van der Waals surface area contributed by atoms with Gasteiger partial charge in [0, 0.05) is 55.3 Å². The number of non-ortho nitro benzene ring substituents is 1. The lowest BCUT2D eigenvalue weighted by molar-refractivity contribution is -0.384. The Hall–Kier alpha value is -2.64. The largest absolute Gasteiger partial charge is 0.336 e. The molecule has 0 aliphatic carbocycles. The van der Waals surface area contributed by atoms with Crippen LogP contribution in [0.5, 0.6) is 0 Å². The van der Waals surface area contributed by atoms with Crippen LogP contribution in [0.25, 0.3) is 10.4 Å². The van der Waals surface area contributed by atoms with Crippen LogP contribution < -0.4 is 0 Å². The van der Waals surface area contributed by atoms with E-state index in [-0.39, 0.29) is 11.6 Å². The Labute approximate surface area is 133 Å². The van der Waals surface area contributed by atoms with Gasteiger partial charge in [-0.1, -0.05) is 5.11 Å². The molecule has 0 bridgehead atoms. The van der Waals surface area contributed by atoms with Gasteiger partial charge in [0.05, 0.1) is 4.92 Å². The zero-order chi connectivity index (χ0) is 16.7. The fourth-order valence-electron chi connectivity index (χ4n) is 2.49. The highest BCUT2D eigenvalue weighted by Gasteiger charge is 2.22. The second kappa shape index (κ2) is 8.11. The summed E-state index contributed by atoms with van der Waals surface area (Å²) in [5.74, 6) is -0.103. The average Bonchev–Trinajstić information content (AvgIpc) is 2.59. The lowest BCUT2D eigenvalue weighted by atomic mass is 10.1. The van der Waals surface area contributed by atoms with Gasteiger partial charge in [-0.15, -0.1) is 0 Å². The normalized spacial score (nSPS) is 15.0. The molecule has 1 heterocycles. The SMILES string of the molecule is [N-]=[N+]=NCCCN1CCN(C(=O)c2ccc([N+](=O)[O-])cc2)CC1. The van der Waals surface area contributed by atoms with E-state index in [0.717, 1.165) is 26.1 Å². The number of azide groups is 1. The third-order valence-corrected chi connectivity index (χ3v) is 3.78. The van der Waals surface area contributed by atoms with Crippen molar-refractivity contribution in [2.24, 2.45) is 5.11 Å².